The second-order valence-electron chi connectivity index (χ2n) is 7.58. The Morgan fingerprint density at radius 1 is 1.03 bits per heavy atom. The predicted molar refractivity (Wildman–Crippen MR) is 124 cm³/mol. The van der Waals surface area contributed by atoms with E-state index >= 15 is 0 Å². The molecule has 2 aromatic carbocycles. The first-order chi connectivity index (χ1) is 16.4. The minimum atomic E-state index is -4.85. The number of ether oxygens (including phenoxy) is 1. The van der Waals surface area contributed by atoms with E-state index in [1.54, 1.807) is 33.7 Å². The Hall–Kier alpha value is -3.54. The van der Waals surface area contributed by atoms with Crippen molar-refractivity contribution in [2.24, 2.45) is 0 Å². The summed E-state index contributed by atoms with van der Waals surface area (Å²) in [6.45, 7) is 4.67. The number of alkyl halides is 3. The third-order valence-electron chi connectivity index (χ3n) is 5.20. The van der Waals surface area contributed by atoms with Gasteiger partial charge in [0.05, 0.1) is 4.90 Å². The van der Waals surface area contributed by atoms with Crippen LogP contribution in [0, 0.1) is 0 Å². The number of carbonyl (C=O) groups is 2. The third kappa shape index (κ3) is 6.53. The van der Waals surface area contributed by atoms with E-state index in [1.807, 2.05) is 13.8 Å². The van der Waals surface area contributed by atoms with Gasteiger partial charge in [-0.2, -0.15) is 0 Å². The summed E-state index contributed by atoms with van der Waals surface area (Å²) in [7, 11) is -4.12. The summed E-state index contributed by atoms with van der Waals surface area (Å²) in [5, 5.41) is 2.73. The zero-order chi connectivity index (χ0) is 25.8. The van der Waals surface area contributed by atoms with Crippen LogP contribution in [0.5, 0.6) is 5.75 Å². The van der Waals surface area contributed by atoms with Gasteiger partial charge < -0.3 is 19.5 Å². The highest BCUT2D eigenvalue weighted by atomic mass is 32.2. The van der Waals surface area contributed by atoms with Crippen molar-refractivity contribution in [2.45, 2.75) is 31.7 Å². The van der Waals surface area contributed by atoms with Gasteiger partial charge >= 0.3 is 6.36 Å². The van der Waals surface area contributed by atoms with Gasteiger partial charge in [-0.1, -0.05) is 18.2 Å². The third-order valence-corrected chi connectivity index (χ3v) is 6.84. The molecule has 2 amide bonds. The van der Waals surface area contributed by atoms with Gasteiger partial charge in [0, 0.05) is 35.9 Å². The van der Waals surface area contributed by atoms with E-state index in [1.165, 1.54) is 6.20 Å². The normalized spacial score (nSPS) is 11.9. The van der Waals surface area contributed by atoms with E-state index in [0.29, 0.717) is 24.0 Å². The summed E-state index contributed by atoms with van der Waals surface area (Å²) in [4.78, 5) is 26.5. The number of amides is 2. The Labute approximate surface area is 200 Å². The van der Waals surface area contributed by atoms with Crippen LogP contribution < -0.4 is 10.1 Å². The van der Waals surface area contributed by atoms with E-state index in [-0.39, 0.29) is 23.0 Å². The minimum Gasteiger partial charge on any atom is -0.406 e. The van der Waals surface area contributed by atoms with E-state index < -0.39 is 33.6 Å². The van der Waals surface area contributed by atoms with Crippen LogP contribution in [0.3, 0.4) is 0 Å². The fourth-order valence-electron chi connectivity index (χ4n) is 3.60. The molecule has 1 N–H and O–H groups in total. The maximum absolute atomic E-state index is 13.1. The molecule has 0 aliphatic heterocycles. The molecule has 0 spiro atoms. The number of anilines is 1. The largest absolute Gasteiger partial charge is 0.573 e. The lowest BCUT2D eigenvalue weighted by Crippen LogP contribution is -2.33. The molecular weight excluding hydrogens is 487 g/mol. The lowest BCUT2D eigenvalue weighted by atomic mass is 10.2. The van der Waals surface area contributed by atoms with E-state index in [9.17, 15) is 31.2 Å². The monoisotopic (exact) mass is 511 g/mol. The molecule has 0 saturated heterocycles. The Morgan fingerprint density at radius 3 is 2.26 bits per heavy atom. The Morgan fingerprint density at radius 2 is 1.66 bits per heavy atom. The summed E-state index contributed by atoms with van der Waals surface area (Å²) in [6, 6.07) is 11.0. The highest BCUT2D eigenvalue weighted by molar-refractivity contribution is 7.92. The molecule has 188 valence electrons. The average molecular weight is 512 g/mol. The lowest BCUT2D eigenvalue weighted by molar-refractivity contribution is -0.274. The number of para-hydroxylation sites is 1. The first-order valence-corrected chi connectivity index (χ1v) is 12.3. The minimum absolute atomic E-state index is 0.0593. The van der Waals surface area contributed by atoms with Gasteiger partial charge in [0.25, 0.3) is 0 Å². The van der Waals surface area contributed by atoms with Crippen molar-refractivity contribution < 1.29 is 35.9 Å². The van der Waals surface area contributed by atoms with Crippen molar-refractivity contribution in [3.05, 3.63) is 54.7 Å². The second-order valence-corrected chi connectivity index (χ2v) is 9.54. The van der Waals surface area contributed by atoms with Crippen molar-refractivity contribution >= 4 is 38.2 Å². The molecular formula is C23H24F3N3O5S. The molecule has 8 nitrogen and oxygen atoms in total. The van der Waals surface area contributed by atoms with Gasteiger partial charge in [-0.25, -0.2) is 8.42 Å². The number of sulfone groups is 1. The predicted octanol–water partition coefficient (Wildman–Crippen LogP) is 3.82. The quantitative estimate of drug-likeness (QED) is 0.471. The number of nitrogens with one attached hydrogen (secondary N) is 1. The molecule has 0 bridgehead atoms. The molecule has 0 radical (unpaired) electrons. The number of likely N-dealkylation sites (N-methyl/N-ethyl adjacent to an activating group) is 1. The second kappa shape index (κ2) is 10.4. The molecule has 12 heteroatoms. The first kappa shape index (κ1) is 26.1. The van der Waals surface area contributed by atoms with Crippen molar-refractivity contribution in [3.63, 3.8) is 0 Å². The topological polar surface area (TPSA) is 97.7 Å². The molecule has 0 fully saturated rings. The van der Waals surface area contributed by atoms with Gasteiger partial charge in [0.15, 0.2) is 9.84 Å². The maximum Gasteiger partial charge on any atom is 0.573 e. The van der Waals surface area contributed by atoms with Crippen molar-refractivity contribution in [1.29, 1.82) is 0 Å². The zero-order valence-corrected chi connectivity index (χ0v) is 19.8. The summed E-state index contributed by atoms with van der Waals surface area (Å²) in [5.74, 6) is -2.41. The van der Waals surface area contributed by atoms with Crippen LogP contribution >= 0.6 is 0 Å². The number of nitrogens with zero attached hydrogens (tertiary/aromatic N) is 2. The maximum atomic E-state index is 13.1. The number of hydrogen-bond donors (Lipinski definition) is 1. The molecule has 3 aromatic rings. The SMILES string of the molecule is CCN(CC)C(=O)Cn1cc(S(=O)(=O)CC(=O)Nc2ccc(OC(F)(F)F)cc2)c2ccccc21. The van der Waals surface area contributed by atoms with Crippen LogP contribution in [0.1, 0.15) is 13.8 Å². The summed E-state index contributed by atoms with van der Waals surface area (Å²) >= 11 is 0. The van der Waals surface area contributed by atoms with E-state index in [4.69, 9.17) is 0 Å². The fraction of sp³-hybridized carbons (Fsp3) is 0.304. The van der Waals surface area contributed by atoms with Crippen LogP contribution in [0.4, 0.5) is 18.9 Å². The summed E-state index contributed by atoms with van der Waals surface area (Å²) in [5.41, 5.74) is 0.638. The molecule has 3 rings (SSSR count). The van der Waals surface area contributed by atoms with Crippen LogP contribution in [-0.4, -0.2) is 54.9 Å². The number of rotatable bonds is 9. The van der Waals surface area contributed by atoms with Crippen LogP contribution in [0.15, 0.2) is 59.6 Å². The van der Waals surface area contributed by atoms with E-state index in [2.05, 4.69) is 10.1 Å². The zero-order valence-electron chi connectivity index (χ0n) is 19.0. The van der Waals surface area contributed by atoms with Crippen LogP contribution in [0.2, 0.25) is 0 Å². The highest BCUT2D eigenvalue weighted by Crippen LogP contribution is 2.27. The highest BCUT2D eigenvalue weighted by Gasteiger charge is 2.31. The van der Waals surface area contributed by atoms with Crippen molar-refractivity contribution in [1.82, 2.24) is 9.47 Å². The number of halogens is 3. The lowest BCUT2D eigenvalue weighted by Gasteiger charge is -2.19. The van der Waals surface area contributed by atoms with Gasteiger partial charge in [0.2, 0.25) is 11.8 Å². The van der Waals surface area contributed by atoms with Crippen molar-refractivity contribution in [3.8, 4) is 5.75 Å². The molecule has 0 atom stereocenters. The summed E-state index contributed by atoms with van der Waals surface area (Å²) in [6.07, 6.45) is -3.51. The molecule has 35 heavy (non-hydrogen) atoms. The molecule has 0 unspecified atom stereocenters. The average Bonchev–Trinajstić information content (AvgIpc) is 3.14. The van der Waals surface area contributed by atoms with Gasteiger partial charge in [-0.3, -0.25) is 9.59 Å². The Bertz CT molecular complexity index is 1310. The number of aromatic nitrogens is 1. The van der Waals surface area contributed by atoms with Gasteiger partial charge in [-0.15, -0.1) is 13.2 Å². The van der Waals surface area contributed by atoms with Crippen LogP contribution in [-0.2, 0) is 26.0 Å². The fourth-order valence-corrected chi connectivity index (χ4v) is 4.97. The van der Waals surface area contributed by atoms with Crippen LogP contribution in [0.25, 0.3) is 10.9 Å². The number of benzene rings is 2. The standard InChI is InChI=1S/C23H24F3N3O5S/c1-3-28(4-2)22(31)14-29-13-20(18-7-5-6-8-19(18)29)35(32,33)15-21(30)27-16-9-11-17(12-10-16)34-23(24,25)26/h5-13H,3-4,14-15H2,1-2H3,(H,27,30). The molecule has 1 heterocycles. The van der Waals surface area contributed by atoms with E-state index in [0.717, 1.165) is 24.3 Å². The number of carbonyl (C=O) groups excluding carboxylic acids is 2. The first-order valence-electron chi connectivity index (χ1n) is 10.7. The molecule has 0 aliphatic carbocycles. The van der Waals surface area contributed by atoms with Gasteiger partial charge in [0.1, 0.15) is 18.0 Å². The number of fused-ring (bicyclic) bond motifs is 1. The molecule has 0 aliphatic rings. The van der Waals surface area contributed by atoms with Gasteiger partial charge in [-0.05, 0) is 44.2 Å². The molecule has 0 saturated carbocycles. The smallest absolute Gasteiger partial charge is 0.406 e. The summed E-state index contributed by atoms with van der Waals surface area (Å²) < 4.78 is 68.3. The van der Waals surface area contributed by atoms with Crippen molar-refractivity contribution in [2.75, 3.05) is 24.2 Å². The Balaban J connectivity index is 1.79. The number of hydrogen-bond acceptors (Lipinski definition) is 5. The Kier molecular flexibility index (Phi) is 7.73. The molecule has 1 aromatic heterocycles.